The number of hydrogen-bond donors (Lipinski definition) is 3. The van der Waals surface area contributed by atoms with Gasteiger partial charge >= 0.3 is 0 Å². The maximum Gasteiger partial charge on any atom is 0.294 e. The van der Waals surface area contributed by atoms with Crippen molar-refractivity contribution in [2.75, 3.05) is 18.5 Å². The van der Waals surface area contributed by atoms with E-state index in [1.165, 1.54) is 49.8 Å². The molecular formula is C21H34N4O4S. The molecule has 8 nitrogen and oxygen atoms in total. The van der Waals surface area contributed by atoms with Gasteiger partial charge in [-0.3, -0.25) is 15.0 Å². The molecule has 0 saturated carbocycles. The van der Waals surface area contributed by atoms with E-state index in [9.17, 15) is 9.59 Å². The molecule has 0 bridgehead atoms. The fraction of sp³-hybridized carbons (Fsp3) is 0.762. The van der Waals surface area contributed by atoms with Crippen LogP contribution in [0.2, 0.25) is 0 Å². The lowest BCUT2D eigenvalue weighted by Crippen LogP contribution is -2.52. The molecule has 1 saturated heterocycles. The van der Waals surface area contributed by atoms with E-state index in [0.717, 1.165) is 25.0 Å². The van der Waals surface area contributed by atoms with Gasteiger partial charge in [0.2, 0.25) is 11.7 Å². The van der Waals surface area contributed by atoms with Gasteiger partial charge in [-0.05, 0) is 39.5 Å². The zero-order valence-corrected chi connectivity index (χ0v) is 18.9. The van der Waals surface area contributed by atoms with Crippen LogP contribution in [0.5, 0.6) is 0 Å². The third-order valence-corrected chi connectivity index (χ3v) is 6.55. The summed E-state index contributed by atoms with van der Waals surface area (Å²) in [4.78, 5) is 30.4. The molecule has 0 radical (unpaired) electrons. The molecule has 2 unspecified atom stereocenters. The van der Waals surface area contributed by atoms with Crippen molar-refractivity contribution in [3.05, 3.63) is 10.6 Å². The maximum absolute atomic E-state index is 12.3. The average Bonchev–Trinajstić information content (AvgIpc) is 3.24. The van der Waals surface area contributed by atoms with E-state index in [-0.39, 0.29) is 18.6 Å². The van der Waals surface area contributed by atoms with Gasteiger partial charge in [0, 0.05) is 4.88 Å². The van der Waals surface area contributed by atoms with Crippen LogP contribution in [0.3, 0.4) is 0 Å². The van der Waals surface area contributed by atoms with Crippen LogP contribution < -0.4 is 16.2 Å². The predicted molar refractivity (Wildman–Crippen MR) is 116 cm³/mol. The Labute approximate surface area is 182 Å². The molecule has 2 atom stereocenters. The predicted octanol–water partition coefficient (Wildman–Crippen LogP) is 3.07. The third kappa shape index (κ3) is 6.73. The molecular weight excluding hydrogens is 404 g/mol. The van der Waals surface area contributed by atoms with Crippen LogP contribution in [0.15, 0.2) is 0 Å². The molecule has 2 aliphatic rings. The lowest BCUT2D eigenvalue weighted by atomic mass is 10.0. The standard InChI is InChI=1S/C21H34N4O4S/c1-15-14-28-21(2,29-15)19(27)25-22-13-18(26)24-20-23-16-11-9-7-5-3-4-6-8-10-12-17(16)30-20/h15,22H,3-14H2,1-2H3,(H,25,27)(H,23,24,26). The van der Waals surface area contributed by atoms with E-state index in [1.54, 1.807) is 18.3 Å². The number of nitrogens with one attached hydrogen (secondary N) is 3. The zero-order valence-electron chi connectivity index (χ0n) is 18.1. The Morgan fingerprint density at radius 2 is 1.77 bits per heavy atom. The number of aromatic nitrogens is 1. The van der Waals surface area contributed by atoms with Gasteiger partial charge in [-0.15, -0.1) is 11.3 Å². The molecule has 9 heteroatoms. The molecule has 1 fully saturated rings. The lowest BCUT2D eigenvalue weighted by molar-refractivity contribution is -0.181. The molecule has 3 rings (SSSR count). The second kappa shape index (κ2) is 11.2. The van der Waals surface area contributed by atoms with Gasteiger partial charge < -0.3 is 14.8 Å². The van der Waals surface area contributed by atoms with Crippen molar-refractivity contribution < 1.29 is 19.1 Å². The molecule has 168 valence electrons. The van der Waals surface area contributed by atoms with Crippen LogP contribution in [0.1, 0.15) is 75.8 Å². The van der Waals surface area contributed by atoms with Gasteiger partial charge in [-0.1, -0.05) is 38.5 Å². The Morgan fingerprint density at radius 3 is 2.43 bits per heavy atom. The summed E-state index contributed by atoms with van der Waals surface area (Å²) >= 11 is 1.58. The molecule has 3 N–H and O–H groups in total. The minimum Gasteiger partial charge on any atom is -0.340 e. The highest BCUT2D eigenvalue weighted by Gasteiger charge is 2.42. The summed E-state index contributed by atoms with van der Waals surface area (Å²) in [6.45, 7) is 3.69. The second-order valence-electron chi connectivity index (χ2n) is 8.26. The number of amides is 2. The molecule has 1 aromatic rings. The number of nitrogens with zero attached hydrogens (tertiary/aromatic N) is 1. The van der Waals surface area contributed by atoms with Crippen molar-refractivity contribution >= 4 is 28.3 Å². The number of hydrazine groups is 1. The number of carbonyl (C=O) groups excluding carboxylic acids is 2. The number of fused-ring (bicyclic) bond motifs is 1. The van der Waals surface area contributed by atoms with Crippen LogP contribution in [0, 0.1) is 0 Å². The van der Waals surface area contributed by atoms with Crippen molar-refractivity contribution in [1.82, 2.24) is 15.8 Å². The molecule has 0 aromatic carbocycles. The van der Waals surface area contributed by atoms with Gasteiger partial charge in [-0.2, -0.15) is 0 Å². The fourth-order valence-corrected chi connectivity index (χ4v) is 4.86. The van der Waals surface area contributed by atoms with Gasteiger partial charge in [0.15, 0.2) is 5.13 Å². The first-order chi connectivity index (χ1) is 14.5. The van der Waals surface area contributed by atoms with E-state index >= 15 is 0 Å². The van der Waals surface area contributed by atoms with Crippen LogP contribution in [0.4, 0.5) is 5.13 Å². The van der Waals surface area contributed by atoms with E-state index in [0.29, 0.717) is 11.7 Å². The van der Waals surface area contributed by atoms with E-state index in [1.807, 2.05) is 6.92 Å². The molecule has 2 amide bonds. The molecule has 1 aromatic heterocycles. The Hall–Kier alpha value is -1.55. The van der Waals surface area contributed by atoms with Gasteiger partial charge in [-0.25, -0.2) is 10.4 Å². The van der Waals surface area contributed by atoms with Gasteiger partial charge in [0.25, 0.3) is 5.91 Å². The molecule has 0 spiro atoms. The summed E-state index contributed by atoms with van der Waals surface area (Å²) in [5.74, 6) is -2.05. The highest BCUT2D eigenvalue weighted by molar-refractivity contribution is 7.15. The average molecular weight is 439 g/mol. The fourth-order valence-electron chi connectivity index (χ4n) is 3.80. The monoisotopic (exact) mass is 438 g/mol. The smallest absolute Gasteiger partial charge is 0.294 e. The first kappa shape index (κ1) is 23.1. The molecule has 30 heavy (non-hydrogen) atoms. The maximum atomic E-state index is 12.3. The molecule has 2 heterocycles. The Balaban J connectivity index is 1.46. The Kier molecular flexibility index (Phi) is 8.61. The summed E-state index contributed by atoms with van der Waals surface area (Å²) in [5, 5.41) is 3.48. The largest absolute Gasteiger partial charge is 0.340 e. The van der Waals surface area contributed by atoms with Crippen molar-refractivity contribution in [2.24, 2.45) is 0 Å². The topological polar surface area (TPSA) is 102 Å². The summed E-state index contributed by atoms with van der Waals surface area (Å²) in [6.07, 6.45) is 12.0. The minimum atomic E-state index is -1.33. The number of hydrogen-bond acceptors (Lipinski definition) is 7. The highest BCUT2D eigenvalue weighted by atomic mass is 32.1. The van der Waals surface area contributed by atoms with Crippen LogP contribution in [0.25, 0.3) is 0 Å². The first-order valence-corrected chi connectivity index (χ1v) is 11.9. The lowest BCUT2D eigenvalue weighted by Gasteiger charge is -2.21. The molecule has 1 aliphatic heterocycles. The second-order valence-corrected chi connectivity index (χ2v) is 9.34. The van der Waals surface area contributed by atoms with Crippen molar-refractivity contribution in [3.63, 3.8) is 0 Å². The summed E-state index contributed by atoms with van der Waals surface area (Å²) in [6, 6.07) is 0. The van der Waals surface area contributed by atoms with Crippen LogP contribution in [-0.4, -0.2) is 41.8 Å². The number of thiazole rings is 1. The van der Waals surface area contributed by atoms with E-state index in [2.05, 4.69) is 21.2 Å². The summed E-state index contributed by atoms with van der Waals surface area (Å²) in [7, 11) is 0. The number of anilines is 1. The number of rotatable bonds is 5. The SMILES string of the molecule is CC1COC(C)(C(=O)NNCC(=O)Nc2nc3c(s2)CCCCCCCCCC3)O1. The summed E-state index contributed by atoms with van der Waals surface area (Å²) < 4.78 is 10.9. The Bertz CT molecular complexity index is 696. The zero-order chi connectivity index (χ0) is 21.4. The van der Waals surface area contributed by atoms with Crippen molar-refractivity contribution in [3.8, 4) is 0 Å². The van der Waals surface area contributed by atoms with Gasteiger partial charge in [0.1, 0.15) is 0 Å². The first-order valence-electron chi connectivity index (χ1n) is 11.1. The normalized spacial score (nSPS) is 25.6. The number of ether oxygens (including phenoxy) is 2. The van der Waals surface area contributed by atoms with E-state index < -0.39 is 11.7 Å². The molecule has 1 aliphatic carbocycles. The van der Waals surface area contributed by atoms with Gasteiger partial charge in [0.05, 0.1) is 24.9 Å². The van der Waals surface area contributed by atoms with Crippen molar-refractivity contribution in [2.45, 2.75) is 89.9 Å². The summed E-state index contributed by atoms with van der Waals surface area (Å²) in [5.41, 5.74) is 6.25. The van der Waals surface area contributed by atoms with Crippen LogP contribution in [-0.2, 0) is 31.9 Å². The quantitative estimate of drug-likeness (QED) is 0.611. The van der Waals surface area contributed by atoms with Crippen LogP contribution >= 0.6 is 11.3 Å². The highest BCUT2D eigenvalue weighted by Crippen LogP contribution is 2.27. The Morgan fingerprint density at radius 1 is 1.10 bits per heavy atom. The number of carbonyl (C=O) groups is 2. The van der Waals surface area contributed by atoms with E-state index in [4.69, 9.17) is 9.47 Å². The third-order valence-electron chi connectivity index (χ3n) is 5.47. The minimum absolute atomic E-state index is 0.0678. The number of aryl methyl sites for hydroxylation is 2. The van der Waals surface area contributed by atoms with Crippen molar-refractivity contribution in [1.29, 1.82) is 0 Å².